The third-order valence-corrected chi connectivity index (χ3v) is 5.22. The quantitative estimate of drug-likeness (QED) is 0.856. The number of hydrogen-bond acceptors (Lipinski definition) is 4. The zero-order chi connectivity index (χ0) is 15.5. The van der Waals surface area contributed by atoms with Gasteiger partial charge in [0, 0.05) is 31.4 Å². The summed E-state index contributed by atoms with van der Waals surface area (Å²) in [5.74, 6) is 0. The molecule has 3 rings (SSSR count). The first-order valence-electron chi connectivity index (χ1n) is 7.40. The van der Waals surface area contributed by atoms with Crippen molar-refractivity contribution < 1.29 is 4.79 Å². The number of aliphatic imine (C=N–C) groups is 1. The van der Waals surface area contributed by atoms with Gasteiger partial charge in [-0.25, -0.2) is 4.79 Å². The highest BCUT2D eigenvalue weighted by Crippen LogP contribution is 2.24. The minimum absolute atomic E-state index is 0.0952. The summed E-state index contributed by atoms with van der Waals surface area (Å²) in [6.07, 6.45) is 0. The summed E-state index contributed by atoms with van der Waals surface area (Å²) in [5.41, 5.74) is 0.654. The van der Waals surface area contributed by atoms with E-state index in [0.717, 1.165) is 24.8 Å². The Morgan fingerprint density at radius 2 is 2.05 bits per heavy atom. The summed E-state index contributed by atoms with van der Waals surface area (Å²) in [6, 6.07) is 7.18. The number of carbonyl (C=O) groups is 1. The maximum Gasteiger partial charge on any atom is 0.322 e. The third kappa shape index (κ3) is 3.50. The van der Waals surface area contributed by atoms with E-state index in [2.05, 4.69) is 22.1 Å². The molecule has 22 heavy (non-hydrogen) atoms. The molecule has 0 aliphatic carbocycles. The number of amidine groups is 1. The first-order chi connectivity index (χ1) is 10.6. The lowest BCUT2D eigenvalue weighted by Crippen LogP contribution is -2.51. The minimum atomic E-state index is -0.0952. The number of carbonyl (C=O) groups excluding carboxylic acids is 1. The van der Waals surface area contributed by atoms with Crippen molar-refractivity contribution in [2.24, 2.45) is 4.99 Å². The van der Waals surface area contributed by atoms with Crippen LogP contribution in [0.5, 0.6) is 0 Å². The normalized spacial score (nSPS) is 21.7. The van der Waals surface area contributed by atoms with Crippen LogP contribution in [-0.2, 0) is 0 Å². The van der Waals surface area contributed by atoms with Crippen molar-refractivity contribution in [1.82, 2.24) is 9.80 Å². The van der Waals surface area contributed by atoms with Crippen molar-refractivity contribution in [3.8, 4) is 0 Å². The first-order valence-corrected chi connectivity index (χ1v) is 8.66. The van der Waals surface area contributed by atoms with Crippen molar-refractivity contribution in [3.05, 3.63) is 29.3 Å². The topological polar surface area (TPSA) is 47.9 Å². The van der Waals surface area contributed by atoms with Gasteiger partial charge in [-0.1, -0.05) is 42.4 Å². The molecule has 0 radical (unpaired) electrons. The summed E-state index contributed by atoms with van der Waals surface area (Å²) >= 11 is 7.90. The Morgan fingerprint density at radius 1 is 1.32 bits per heavy atom. The van der Waals surface area contributed by atoms with E-state index in [4.69, 9.17) is 11.6 Å². The number of piperazine rings is 1. The number of halogens is 1. The average molecular weight is 339 g/mol. The van der Waals surface area contributed by atoms with Crippen molar-refractivity contribution in [3.63, 3.8) is 0 Å². The molecule has 0 aromatic heterocycles. The molecule has 0 saturated carbocycles. The van der Waals surface area contributed by atoms with Gasteiger partial charge in [0.2, 0.25) is 0 Å². The molecule has 5 nitrogen and oxygen atoms in total. The van der Waals surface area contributed by atoms with Crippen LogP contribution in [0, 0.1) is 0 Å². The number of amides is 2. The maximum absolute atomic E-state index is 12.3. The number of hydrogen-bond donors (Lipinski definition) is 1. The summed E-state index contributed by atoms with van der Waals surface area (Å²) in [4.78, 5) is 21.0. The molecule has 0 bridgehead atoms. The Balaban J connectivity index is 1.53. The van der Waals surface area contributed by atoms with Crippen LogP contribution in [0.4, 0.5) is 10.5 Å². The maximum atomic E-state index is 12.3. The van der Waals surface area contributed by atoms with Crippen molar-refractivity contribution in [2.75, 3.05) is 38.0 Å². The van der Waals surface area contributed by atoms with E-state index >= 15 is 0 Å². The summed E-state index contributed by atoms with van der Waals surface area (Å²) in [6.45, 7) is 6.14. The van der Waals surface area contributed by atoms with Crippen LogP contribution in [0.2, 0.25) is 5.02 Å². The van der Waals surface area contributed by atoms with E-state index in [0.29, 0.717) is 29.0 Å². The molecule has 1 saturated heterocycles. The fourth-order valence-corrected chi connectivity index (χ4v) is 3.67. The van der Waals surface area contributed by atoms with Crippen LogP contribution in [0.15, 0.2) is 29.3 Å². The van der Waals surface area contributed by atoms with Gasteiger partial charge in [0.05, 0.1) is 17.3 Å². The molecule has 1 N–H and O–H groups in total. The molecule has 7 heteroatoms. The predicted octanol–water partition coefficient (Wildman–Crippen LogP) is 2.98. The van der Waals surface area contributed by atoms with Crippen LogP contribution in [0.25, 0.3) is 0 Å². The molecule has 1 unspecified atom stereocenters. The average Bonchev–Trinajstić information content (AvgIpc) is 2.96. The van der Waals surface area contributed by atoms with Crippen molar-refractivity contribution in [2.45, 2.75) is 12.2 Å². The Labute approximate surface area is 139 Å². The monoisotopic (exact) mass is 338 g/mol. The van der Waals surface area contributed by atoms with E-state index in [1.807, 2.05) is 34.9 Å². The molecule has 2 aliphatic rings. The molecule has 1 fully saturated rings. The molecule has 2 heterocycles. The van der Waals surface area contributed by atoms with Crippen molar-refractivity contribution in [1.29, 1.82) is 0 Å². The van der Waals surface area contributed by atoms with Crippen LogP contribution in [0.3, 0.4) is 0 Å². The molecule has 1 atom stereocenters. The molecular formula is C15H19ClN4OS. The van der Waals surface area contributed by atoms with Crippen LogP contribution in [-0.4, -0.2) is 59.0 Å². The Bertz CT molecular complexity index is 587. The van der Waals surface area contributed by atoms with E-state index in [1.165, 1.54) is 0 Å². The van der Waals surface area contributed by atoms with Gasteiger partial charge in [-0.15, -0.1) is 0 Å². The number of nitrogens with one attached hydrogen (secondary N) is 1. The lowest BCUT2D eigenvalue weighted by molar-refractivity contribution is 0.182. The molecule has 1 aromatic carbocycles. The Morgan fingerprint density at radius 3 is 2.68 bits per heavy atom. The second-order valence-electron chi connectivity index (χ2n) is 5.44. The van der Waals surface area contributed by atoms with Gasteiger partial charge in [-0.2, -0.15) is 0 Å². The van der Waals surface area contributed by atoms with Crippen LogP contribution < -0.4 is 5.32 Å². The molecule has 1 aromatic rings. The van der Waals surface area contributed by atoms with Crippen LogP contribution in [0.1, 0.15) is 6.92 Å². The fraction of sp³-hybridized carbons (Fsp3) is 0.467. The highest BCUT2D eigenvalue weighted by molar-refractivity contribution is 8.14. The third-order valence-electron chi connectivity index (χ3n) is 3.74. The van der Waals surface area contributed by atoms with Gasteiger partial charge >= 0.3 is 6.03 Å². The van der Waals surface area contributed by atoms with E-state index < -0.39 is 0 Å². The van der Waals surface area contributed by atoms with Crippen molar-refractivity contribution >= 4 is 40.2 Å². The fourth-order valence-electron chi connectivity index (χ4n) is 2.49. The van der Waals surface area contributed by atoms with Gasteiger partial charge in [0.15, 0.2) is 5.17 Å². The Kier molecular flexibility index (Phi) is 4.78. The number of urea groups is 1. The highest BCUT2D eigenvalue weighted by Gasteiger charge is 2.26. The molecular weight excluding hydrogens is 320 g/mol. The van der Waals surface area contributed by atoms with Gasteiger partial charge in [0.1, 0.15) is 0 Å². The largest absolute Gasteiger partial charge is 0.348 e. The predicted molar refractivity (Wildman–Crippen MR) is 93.0 cm³/mol. The first kappa shape index (κ1) is 15.5. The van der Waals surface area contributed by atoms with E-state index in [-0.39, 0.29) is 6.03 Å². The van der Waals surface area contributed by atoms with E-state index in [1.54, 1.807) is 6.07 Å². The van der Waals surface area contributed by atoms with Gasteiger partial charge in [-0.05, 0) is 12.1 Å². The number of para-hydroxylation sites is 1. The van der Waals surface area contributed by atoms with Gasteiger partial charge in [0.25, 0.3) is 0 Å². The summed E-state index contributed by atoms with van der Waals surface area (Å²) in [7, 11) is 0. The second kappa shape index (κ2) is 6.79. The smallest absolute Gasteiger partial charge is 0.322 e. The number of anilines is 1. The SMILES string of the molecule is CC1CN=C(N2CCN(C(=O)Nc3ccccc3Cl)CC2)S1. The zero-order valence-electron chi connectivity index (χ0n) is 12.5. The van der Waals surface area contributed by atoms with Crippen LogP contribution >= 0.6 is 23.4 Å². The second-order valence-corrected chi connectivity index (χ2v) is 7.25. The molecule has 0 spiro atoms. The van der Waals surface area contributed by atoms with Gasteiger partial charge < -0.3 is 15.1 Å². The number of thioether (sulfide) groups is 1. The standard InChI is InChI=1S/C15H19ClN4OS/c1-11-10-17-15(22-11)20-8-6-19(7-9-20)14(21)18-13-5-3-2-4-12(13)16/h2-5,11H,6-10H2,1H3,(H,18,21). The molecule has 2 aliphatic heterocycles. The molecule has 118 valence electrons. The zero-order valence-corrected chi connectivity index (χ0v) is 14.0. The molecule has 2 amide bonds. The van der Waals surface area contributed by atoms with E-state index in [9.17, 15) is 4.79 Å². The minimum Gasteiger partial charge on any atom is -0.348 e. The van der Waals surface area contributed by atoms with Gasteiger partial charge in [-0.3, -0.25) is 4.99 Å². The number of rotatable bonds is 1. The highest BCUT2D eigenvalue weighted by atomic mass is 35.5. The lowest BCUT2D eigenvalue weighted by atomic mass is 10.3. The summed E-state index contributed by atoms with van der Waals surface area (Å²) < 4.78 is 0. The number of benzene rings is 1. The number of nitrogens with zero attached hydrogens (tertiary/aromatic N) is 3. The Hall–Kier alpha value is -1.40. The lowest BCUT2D eigenvalue weighted by Gasteiger charge is -2.35. The summed E-state index contributed by atoms with van der Waals surface area (Å²) in [5, 5.41) is 5.12.